The van der Waals surface area contributed by atoms with E-state index in [-0.39, 0.29) is 30.2 Å². The third kappa shape index (κ3) is 8.61. The zero-order chi connectivity index (χ0) is 37.5. The van der Waals surface area contributed by atoms with Gasteiger partial charge in [-0.1, -0.05) is 112 Å². The van der Waals surface area contributed by atoms with Crippen molar-refractivity contribution in [2.24, 2.45) is 11.8 Å². The van der Waals surface area contributed by atoms with E-state index in [0.717, 1.165) is 12.8 Å². The van der Waals surface area contributed by atoms with Crippen LogP contribution < -0.4 is 24.8 Å². The van der Waals surface area contributed by atoms with Crippen molar-refractivity contribution >= 4 is 48.5 Å². The van der Waals surface area contributed by atoms with Crippen molar-refractivity contribution in [2.75, 3.05) is 0 Å². The summed E-state index contributed by atoms with van der Waals surface area (Å²) in [4.78, 5) is 0. The van der Waals surface area contributed by atoms with Crippen molar-refractivity contribution in [3.63, 3.8) is 0 Å². The summed E-state index contributed by atoms with van der Waals surface area (Å²) in [5.41, 5.74) is 14.7. The molecule has 0 radical (unpaired) electrons. The molecule has 2 aliphatic carbocycles. The van der Waals surface area contributed by atoms with Crippen LogP contribution in [0.3, 0.4) is 0 Å². The summed E-state index contributed by atoms with van der Waals surface area (Å²) in [6.07, 6.45) is 7.06. The molecule has 8 aromatic rings. The van der Waals surface area contributed by atoms with Gasteiger partial charge in [0.15, 0.2) is 0 Å². The van der Waals surface area contributed by atoms with Crippen molar-refractivity contribution in [1.82, 2.24) is 0 Å². The van der Waals surface area contributed by atoms with Gasteiger partial charge in [-0.2, -0.15) is 12.1 Å². The molecule has 0 unspecified atom stereocenters. The second-order valence-electron chi connectivity index (χ2n) is 16.8. The summed E-state index contributed by atoms with van der Waals surface area (Å²) in [7, 11) is 0. The van der Waals surface area contributed by atoms with E-state index >= 15 is 0 Å². The van der Waals surface area contributed by atoms with E-state index in [0.29, 0.717) is 11.8 Å². The Balaban J connectivity index is 0.000000168. The van der Waals surface area contributed by atoms with Gasteiger partial charge in [0.05, 0.1) is 0 Å². The SMILES string of the molecule is CC(C)Cc1cc2c(-c3ccc4c5c(cccc35)CC4)cccc2[cH-]1.CC(C)Cc1cc2c(-c3ccc4c5c(cccc35)CC4)cccc2[cH-]1.C[Si](C)=[Zr+2].[Cl-].[Cl-]. The average molecular weight is 867 g/mol. The van der Waals surface area contributed by atoms with Crippen LogP contribution in [0.5, 0.6) is 0 Å². The average Bonchev–Trinajstić information content (AvgIpc) is 3.94. The number of fused-ring (bicyclic) bond motifs is 2. The molecule has 10 rings (SSSR count). The minimum absolute atomic E-state index is 0. The van der Waals surface area contributed by atoms with E-state index in [1.54, 1.807) is 23.3 Å². The van der Waals surface area contributed by atoms with E-state index in [1.165, 1.54) is 124 Å². The van der Waals surface area contributed by atoms with Crippen molar-refractivity contribution in [2.45, 2.75) is 79.3 Å². The topological polar surface area (TPSA) is 0 Å². The van der Waals surface area contributed by atoms with Crippen LogP contribution in [0.15, 0.2) is 121 Å². The van der Waals surface area contributed by atoms with Crippen molar-refractivity contribution < 1.29 is 48.1 Å². The molecule has 0 N–H and O–H groups in total. The molecule has 0 heterocycles. The van der Waals surface area contributed by atoms with Gasteiger partial charge in [-0.25, -0.2) is 0 Å². The molecule has 0 spiro atoms. The zero-order valence-corrected chi connectivity index (χ0v) is 38.7. The van der Waals surface area contributed by atoms with Crippen LogP contribution in [-0.4, -0.2) is 5.43 Å². The molecule has 0 saturated carbocycles. The van der Waals surface area contributed by atoms with Crippen molar-refractivity contribution in [3.8, 4) is 22.3 Å². The monoisotopic (exact) mass is 864 g/mol. The molecule has 0 amide bonds. The zero-order valence-electron chi connectivity index (χ0n) is 33.7. The largest absolute Gasteiger partial charge is 1.00 e. The van der Waals surface area contributed by atoms with Crippen LogP contribution in [0, 0.1) is 11.8 Å². The molecule has 56 heavy (non-hydrogen) atoms. The molecule has 0 atom stereocenters. The Kier molecular flexibility index (Phi) is 13.7. The number of halogens is 2. The summed E-state index contributed by atoms with van der Waals surface area (Å²) in [5, 5.41) is 11.4. The first-order valence-corrected chi connectivity index (χ1v) is 26.3. The number of rotatable bonds is 6. The normalized spacial score (nSPS) is 12.5. The van der Waals surface area contributed by atoms with Crippen LogP contribution in [0.2, 0.25) is 13.1 Å². The number of aryl methyl sites for hydroxylation is 4. The van der Waals surface area contributed by atoms with E-state index < -0.39 is 0 Å². The van der Waals surface area contributed by atoms with Gasteiger partial charge in [-0.05, 0) is 105 Å². The predicted octanol–water partition coefficient (Wildman–Crippen LogP) is 8.14. The smallest absolute Gasteiger partial charge is 1.00 e. The number of hydrogen-bond donors (Lipinski definition) is 0. The molecule has 2 aliphatic rings. The van der Waals surface area contributed by atoms with E-state index in [4.69, 9.17) is 0 Å². The van der Waals surface area contributed by atoms with Crippen LogP contribution >= 0.6 is 0 Å². The quantitative estimate of drug-likeness (QED) is 0.117. The molecule has 4 heteroatoms. The van der Waals surface area contributed by atoms with Crippen molar-refractivity contribution in [1.29, 1.82) is 0 Å². The molecule has 0 aromatic heterocycles. The molecule has 8 aromatic carbocycles. The Morgan fingerprint density at radius 3 is 1.20 bits per heavy atom. The summed E-state index contributed by atoms with van der Waals surface area (Å²) in [6, 6.07) is 46.1. The van der Waals surface area contributed by atoms with Crippen molar-refractivity contribution in [3.05, 3.63) is 155 Å². The van der Waals surface area contributed by atoms with Gasteiger partial charge in [-0.3, -0.25) is 0 Å². The molecule has 0 aliphatic heterocycles. The molecule has 0 saturated heterocycles. The van der Waals surface area contributed by atoms with Gasteiger partial charge in [0.1, 0.15) is 0 Å². The van der Waals surface area contributed by atoms with Crippen LogP contribution in [-0.2, 0) is 61.9 Å². The van der Waals surface area contributed by atoms with E-state index in [1.807, 2.05) is 0 Å². The Bertz CT molecular complexity index is 2470. The second-order valence-corrected chi connectivity index (χ2v) is 26.1. The molecule has 0 fully saturated rings. The van der Waals surface area contributed by atoms with Gasteiger partial charge in [-0.15, -0.1) is 69.1 Å². The fraction of sp³-hybridized carbons (Fsp3) is 0.269. The van der Waals surface area contributed by atoms with E-state index in [9.17, 15) is 0 Å². The first-order chi connectivity index (χ1) is 26.1. The standard InChI is InChI=1S/2C25H23.C2H6Si.2ClH.Zr/c2*1-16(2)13-17-14-20-6-4-7-21(24(20)15-17)22-12-11-19-10-9-18-5-3-8-23(22)25(18)19;1-3-2;;;/h2*3-8,11-12,14-16H,9-10,13H2,1-2H3;1-2H3;2*1H;/q2*-1;;;;+2/p-2. The van der Waals surface area contributed by atoms with Gasteiger partial charge in [0.25, 0.3) is 0 Å². The summed E-state index contributed by atoms with van der Waals surface area (Å²) in [5.74, 6) is 1.38. The summed E-state index contributed by atoms with van der Waals surface area (Å²) < 4.78 is 0. The fourth-order valence-electron chi connectivity index (χ4n) is 9.21. The minimum atomic E-state index is 0. The Hall–Kier alpha value is -3.26. The maximum Gasteiger partial charge on any atom is -1.00 e. The third-order valence-corrected chi connectivity index (χ3v) is 11.2. The van der Waals surface area contributed by atoms with E-state index in [2.05, 4.69) is 162 Å². The van der Waals surface area contributed by atoms with Gasteiger partial charge in [0, 0.05) is 0 Å². The minimum Gasteiger partial charge on any atom is -1.00 e. The Labute approximate surface area is 362 Å². The van der Waals surface area contributed by atoms with Crippen LogP contribution in [0.25, 0.3) is 65.3 Å². The van der Waals surface area contributed by atoms with Crippen LogP contribution in [0.1, 0.15) is 61.1 Å². The summed E-state index contributed by atoms with van der Waals surface area (Å²) in [6.45, 7) is 13.8. The third-order valence-electron chi connectivity index (χ3n) is 11.2. The summed E-state index contributed by atoms with van der Waals surface area (Å²) >= 11 is 1.74. The molecular weight excluding hydrogens is 815 g/mol. The maximum absolute atomic E-state index is 2.41. The number of hydrogen-bond acceptors (Lipinski definition) is 0. The first-order valence-electron chi connectivity index (χ1n) is 20.1. The Morgan fingerprint density at radius 2 is 0.821 bits per heavy atom. The predicted molar refractivity (Wildman–Crippen MR) is 234 cm³/mol. The van der Waals surface area contributed by atoms with Gasteiger partial charge in [0.2, 0.25) is 0 Å². The van der Waals surface area contributed by atoms with Gasteiger partial charge < -0.3 is 24.8 Å². The van der Waals surface area contributed by atoms with Crippen LogP contribution in [0.4, 0.5) is 0 Å². The molecule has 284 valence electrons. The molecule has 0 bridgehead atoms. The Morgan fingerprint density at radius 1 is 0.482 bits per heavy atom. The fourth-order valence-corrected chi connectivity index (χ4v) is 9.21. The van der Waals surface area contributed by atoms with Gasteiger partial charge >= 0.3 is 41.9 Å². The second kappa shape index (κ2) is 18.1. The number of benzene rings is 6. The maximum atomic E-state index is 2.41. The first kappa shape index (κ1) is 42.3. The molecule has 0 nitrogen and oxygen atoms in total. The molecular formula is C52H52Cl2SiZr-2.